The molecule has 0 aromatic heterocycles. The van der Waals surface area contributed by atoms with Crippen LogP contribution in [0.15, 0.2) is 12.3 Å². The Balaban J connectivity index is 3.16. The monoisotopic (exact) mass is 150 g/mol. The molecule has 0 aliphatic carbocycles. The Morgan fingerprint density at radius 2 is 2.44 bits per heavy atom. The minimum Gasteiger partial charge on any atom is -0.497 e. The summed E-state index contributed by atoms with van der Waals surface area (Å²) < 4.78 is 4.91. The lowest BCUT2D eigenvalue weighted by Crippen LogP contribution is -2.12. The van der Waals surface area contributed by atoms with Crippen LogP contribution in [-0.4, -0.2) is 23.7 Å². The van der Waals surface area contributed by atoms with Gasteiger partial charge < -0.3 is 9.84 Å². The number of hydrogen-bond acceptors (Lipinski definition) is 2. The topological polar surface area (TPSA) is 29.5 Å². The van der Waals surface area contributed by atoms with Gasteiger partial charge in [-0.2, -0.15) is 0 Å². The van der Waals surface area contributed by atoms with Gasteiger partial charge in [-0.15, -0.1) is 11.6 Å². The van der Waals surface area contributed by atoms with Crippen LogP contribution in [0.4, 0.5) is 0 Å². The van der Waals surface area contributed by atoms with Crippen LogP contribution in [0.2, 0.25) is 0 Å². The van der Waals surface area contributed by atoms with E-state index < -0.39 is 0 Å². The van der Waals surface area contributed by atoms with Crippen molar-refractivity contribution in [2.75, 3.05) is 13.2 Å². The lowest BCUT2D eigenvalue weighted by molar-refractivity contribution is 0.182. The predicted octanol–water partition coefficient (Wildman–Crippen LogP) is 1.14. The van der Waals surface area contributed by atoms with Gasteiger partial charge in [0.05, 0.1) is 17.7 Å². The molecule has 0 saturated carbocycles. The van der Waals surface area contributed by atoms with Gasteiger partial charge in [0.2, 0.25) is 0 Å². The Morgan fingerprint density at radius 1 is 1.89 bits per heavy atom. The van der Waals surface area contributed by atoms with Gasteiger partial charge in [-0.3, -0.25) is 0 Å². The Hall–Kier alpha value is -0.210. The van der Waals surface area contributed by atoms with Crippen molar-refractivity contribution >= 4 is 11.6 Å². The van der Waals surface area contributed by atoms with Crippen LogP contribution in [0, 0.1) is 0 Å². The molecule has 0 aliphatic rings. The number of hydrogen-bond donors (Lipinski definition) is 1. The van der Waals surface area contributed by atoms with E-state index in [0.29, 0.717) is 12.4 Å². The van der Waals surface area contributed by atoms with E-state index in [0.717, 1.165) is 0 Å². The lowest BCUT2D eigenvalue weighted by atomic mass is 10.5. The van der Waals surface area contributed by atoms with Crippen molar-refractivity contribution in [3.63, 3.8) is 0 Å². The molecule has 0 amide bonds. The second-order valence-corrected chi connectivity index (χ2v) is 2.41. The first kappa shape index (κ1) is 8.79. The fraction of sp³-hybridized carbons (Fsp3) is 0.667. The van der Waals surface area contributed by atoms with Crippen molar-refractivity contribution in [2.45, 2.75) is 12.3 Å². The van der Waals surface area contributed by atoms with Crippen LogP contribution in [0.25, 0.3) is 0 Å². The minimum atomic E-state index is -0.318. The van der Waals surface area contributed by atoms with Crippen LogP contribution in [0.3, 0.4) is 0 Å². The summed E-state index contributed by atoms with van der Waals surface area (Å²) >= 11 is 5.49. The Labute approximate surface area is 60.1 Å². The van der Waals surface area contributed by atoms with Crippen LogP contribution in [0.5, 0.6) is 0 Å². The molecule has 1 unspecified atom stereocenters. The maximum absolute atomic E-state index is 8.41. The highest BCUT2D eigenvalue weighted by Gasteiger charge is 2.00. The van der Waals surface area contributed by atoms with E-state index >= 15 is 0 Å². The maximum atomic E-state index is 8.41. The van der Waals surface area contributed by atoms with Gasteiger partial charge in [0, 0.05) is 0 Å². The lowest BCUT2D eigenvalue weighted by Gasteiger charge is -2.06. The summed E-state index contributed by atoms with van der Waals surface area (Å²) in [6.07, 6.45) is 0. The van der Waals surface area contributed by atoms with E-state index in [1.807, 2.05) is 0 Å². The first-order chi connectivity index (χ1) is 4.16. The molecular formula is C6H11ClO2. The number of rotatable bonds is 4. The highest BCUT2D eigenvalue weighted by Crippen LogP contribution is 1.98. The third-order valence-corrected chi connectivity index (χ3v) is 0.973. The fourth-order valence-electron chi connectivity index (χ4n) is 0.285. The quantitative estimate of drug-likeness (QED) is 0.481. The molecule has 0 aromatic rings. The van der Waals surface area contributed by atoms with E-state index in [1.54, 1.807) is 6.92 Å². The molecule has 54 valence electrons. The second kappa shape index (κ2) is 4.65. The molecule has 0 rings (SSSR count). The molecule has 0 aliphatic heterocycles. The molecule has 0 saturated heterocycles. The number of alkyl halides is 1. The molecule has 3 heteroatoms. The first-order valence-electron chi connectivity index (χ1n) is 2.70. The van der Waals surface area contributed by atoms with Crippen molar-refractivity contribution in [2.24, 2.45) is 0 Å². The van der Waals surface area contributed by atoms with Crippen molar-refractivity contribution in [3.05, 3.63) is 12.3 Å². The zero-order valence-corrected chi connectivity index (χ0v) is 6.19. The van der Waals surface area contributed by atoms with Crippen molar-refractivity contribution in [3.8, 4) is 0 Å². The smallest absolute Gasteiger partial charge is 0.106 e. The molecule has 1 N–H and O–H groups in total. The predicted molar refractivity (Wildman–Crippen MR) is 37.5 cm³/mol. The summed E-state index contributed by atoms with van der Waals surface area (Å²) in [4.78, 5) is 0. The van der Waals surface area contributed by atoms with Crippen LogP contribution in [0.1, 0.15) is 6.92 Å². The summed E-state index contributed by atoms with van der Waals surface area (Å²) in [5.41, 5.74) is 0. The largest absolute Gasteiger partial charge is 0.497 e. The summed E-state index contributed by atoms with van der Waals surface area (Å²) in [6, 6.07) is 0. The third kappa shape index (κ3) is 5.66. The molecule has 0 aromatic carbocycles. The van der Waals surface area contributed by atoms with Gasteiger partial charge in [-0.1, -0.05) is 6.58 Å². The van der Waals surface area contributed by atoms with E-state index in [-0.39, 0.29) is 12.0 Å². The van der Waals surface area contributed by atoms with Gasteiger partial charge >= 0.3 is 0 Å². The van der Waals surface area contributed by atoms with Gasteiger partial charge in [-0.05, 0) is 6.92 Å². The zero-order chi connectivity index (χ0) is 7.28. The van der Waals surface area contributed by atoms with Crippen LogP contribution < -0.4 is 0 Å². The van der Waals surface area contributed by atoms with Crippen molar-refractivity contribution < 1.29 is 9.84 Å². The SMILES string of the molecule is C=C(C)OCC(Cl)CO. The average Bonchev–Trinajstić information content (AvgIpc) is 1.83. The van der Waals surface area contributed by atoms with Crippen molar-refractivity contribution in [1.82, 2.24) is 0 Å². The first-order valence-corrected chi connectivity index (χ1v) is 3.13. The molecule has 0 heterocycles. The molecule has 2 nitrogen and oxygen atoms in total. The Bertz CT molecular complexity index is 93.1. The fourth-order valence-corrected chi connectivity index (χ4v) is 0.348. The normalized spacial score (nSPS) is 12.8. The third-order valence-electron chi connectivity index (χ3n) is 0.709. The van der Waals surface area contributed by atoms with E-state index in [2.05, 4.69) is 6.58 Å². The molecule has 9 heavy (non-hydrogen) atoms. The number of allylic oxidation sites excluding steroid dienone is 1. The summed E-state index contributed by atoms with van der Waals surface area (Å²) in [7, 11) is 0. The second-order valence-electron chi connectivity index (χ2n) is 1.79. The molecule has 0 bridgehead atoms. The molecule has 1 atom stereocenters. The van der Waals surface area contributed by atoms with Crippen molar-refractivity contribution in [1.29, 1.82) is 0 Å². The maximum Gasteiger partial charge on any atom is 0.106 e. The zero-order valence-electron chi connectivity index (χ0n) is 5.43. The van der Waals surface area contributed by atoms with E-state index in [4.69, 9.17) is 21.4 Å². The van der Waals surface area contributed by atoms with E-state index in [9.17, 15) is 0 Å². The number of ether oxygens (including phenoxy) is 1. The summed E-state index contributed by atoms with van der Waals surface area (Å²) in [6.45, 7) is 5.50. The molecule has 0 spiro atoms. The van der Waals surface area contributed by atoms with E-state index in [1.165, 1.54) is 0 Å². The molecular weight excluding hydrogens is 140 g/mol. The highest BCUT2D eigenvalue weighted by atomic mass is 35.5. The van der Waals surface area contributed by atoms with Gasteiger partial charge in [0.15, 0.2) is 0 Å². The average molecular weight is 151 g/mol. The standard InChI is InChI=1S/C6H11ClO2/c1-5(2)9-4-6(7)3-8/h6,8H,1,3-4H2,2H3. The van der Waals surface area contributed by atoms with Crippen LogP contribution >= 0.6 is 11.6 Å². The Morgan fingerprint density at radius 3 is 2.78 bits per heavy atom. The van der Waals surface area contributed by atoms with Gasteiger partial charge in [0.25, 0.3) is 0 Å². The van der Waals surface area contributed by atoms with Gasteiger partial charge in [0.1, 0.15) is 6.61 Å². The number of aliphatic hydroxyl groups is 1. The number of aliphatic hydroxyl groups excluding tert-OH is 1. The van der Waals surface area contributed by atoms with Crippen LogP contribution in [-0.2, 0) is 4.74 Å². The molecule has 0 fully saturated rings. The number of halogens is 1. The summed E-state index contributed by atoms with van der Waals surface area (Å²) in [5.74, 6) is 0.620. The minimum absolute atomic E-state index is 0.0607. The van der Waals surface area contributed by atoms with Gasteiger partial charge in [-0.25, -0.2) is 0 Å². The molecule has 0 radical (unpaired) electrons. The highest BCUT2D eigenvalue weighted by molar-refractivity contribution is 6.20. The summed E-state index contributed by atoms with van der Waals surface area (Å²) in [5, 5.41) is 8.09. The Kier molecular flexibility index (Phi) is 4.54.